The number of aliphatic hydroxyl groups is 1. The standard InChI is InChI=1S/C16H29NO3S2/c1-12(10-18)8-9-13(2)21-22-16(6,7)11-17-14(19)20-15(3,4)5/h8-9,18H,10-11H2,1-7H3,(H,17,19)/b12-8+,13-9+. The molecule has 0 aromatic heterocycles. The number of hydrogen-bond donors (Lipinski definition) is 2. The van der Waals surface area contributed by atoms with Gasteiger partial charge in [0.1, 0.15) is 5.60 Å². The lowest BCUT2D eigenvalue weighted by Gasteiger charge is -2.25. The zero-order valence-electron chi connectivity index (χ0n) is 14.6. The number of carbonyl (C=O) groups is 1. The predicted molar refractivity (Wildman–Crippen MR) is 98.1 cm³/mol. The zero-order chi connectivity index (χ0) is 17.4. The summed E-state index contributed by atoms with van der Waals surface area (Å²) in [4.78, 5) is 12.8. The molecule has 0 bridgehead atoms. The smallest absolute Gasteiger partial charge is 0.407 e. The molecule has 0 saturated carbocycles. The van der Waals surface area contributed by atoms with E-state index in [1.54, 1.807) is 21.6 Å². The third-order valence-corrected chi connectivity index (χ3v) is 5.78. The van der Waals surface area contributed by atoms with E-state index in [1.165, 1.54) is 0 Å². The third kappa shape index (κ3) is 12.0. The van der Waals surface area contributed by atoms with Crippen LogP contribution in [0.15, 0.2) is 22.6 Å². The Hall–Kier alpha value is -0.590. The van der Waals surface area contributed by atoms with Gasteiger partial charge >= 0.3 is 6.09 Å². The van der Waals surface area contributed by atoms with Crippen LogP contribution in [0, 0.1) is 0 Å². The summed E-state index contributed by atoms with van der Waals surface area (Å²) in [5.41, 5.74) is 0.447. The Bertz CT molecular complexity index is 424. The van der Waals surface area contributed by atoms with Gasteiger partial charge in [-0.3, -0.25) is 0 Å². The van der Waals surface area contributed by atoms with Gasteiger partial charge in [0.25, 0.3) is 0 Å². The number of hydrogen-bond acceptors (Lipinski definition) is 5. The summed E-state index contributed by atoms with van der Waals surface area (Å²) < 4.78 is 5.11. The second-order valence-corrected chi connectivity index (χ2v) is 9.81. The summed E-state index contributed by atoms with van der Waals surface area (Å²) in [5, 5.41) is 11.8. The van der Waals surface area contributed by atoms with Crippen molar-refractivity contribution in [3.63, 3.8) is 0 Å². The summed E-state index contributed by atoms with van der Waals surface area (Å²) in [6.07, 6.45) is 3.51. The molecule has 0 radical (unpaired) electrons. The predicted octanol–water partition coefficient (Wildman–Crippen LogP) is 4.51. The van der Waals surface area contributed by atoms with Crippen LogP contribution in [-0.4, -0.2) is 34.7 Å². The van der Waals surface area contributed by atoms with Gasteiger partial charge in [-0.05, 0) is 58.9 Å². The SMILES string of the molecule is C/C(=C\C=C(/C)SSC(C)(C)CNC(=O)OC(C)(C)C)CO. The van der Waals surface area contributed by atoms with Crippen molar-refractivity contribution in [1.82, 2.24) is 5.32 Å². The lowest BCUT2D eigenvalue weighted by atomic mass is 10.2. The Morgan fingerprint density at radius 3 is 2.27 bits per heavy atom. The molecule has 128 valence electrons. The molecule has 0 aliphatic carbocycles. The van der Waals surface area contributed by atoms with E-state index in [0.717, 1.165) is 10.5 Å². The van der Waals surface area contributed by atoms with Gasteiger partial charge in [-0.15, -0.1) is 0 Å². The Kier molecular flexibility index (Phi) is 9.27. The first-order valence-electron chi connectivity index (χ1n) is 7.22. The van der Waals surface area contributed by atoms with E-state index in [1.807, 2.05) is 46.8 Å². The van der Waals surface area contributed by atoms with Crippen LogP contribution in [0.3, 0.4) is 0 Å². The van der Waals surface area contributed by atoms with E-state index in [4.69, 9.17) is 9.84 Å². The molecule has 22 heavy (non-hydrogen) atoms. The summed E-state index contributed by atoms with van der Waals surface area (Å²) in [6, 6.07) is 0. The van der Waals surface area contributed by atoms with Gasteiger partial charge in [0.15, 0.2) is 0 Å². The minimum Gasteiger partial charge on any atom is -0.444 e. The number of ether oxygens (including phenoxy) is 1. The van der Waals surface area contributed by atoms with Crippen molar-refractivity contribution in [2.75, 3.05) is 13.2 Å². The molecule has 0 unspecified atom stereocenters. The molecule has 0 atom stereocenters. The fourth-order valence-corrected chi connectivity index (χ4v) is 3.17. The molecule has 2 N–H and O–H groups in total. The number of rotatable bonds is 7. The number of amides is 1. The quantitative estimate of drug-likeness (QED) is 0.524. The highest BCUT2D eigenvalue weighted by molar-refractivity contribution is 8.78. The average molecular weight is 348 g/mol. The molecule has 0 aromatic carbocycles. The molecule has 0 fully saturated rings. The molecule has 0 spiro atoms. The van der Waals surface area contributed by atoms with Crippen LogP contribution in [-0.2, 0) is 4.74 Å². The van der Waals surface area contributed by atoms with Crippen LogP contribution in [0.25, 0.3) is 0 Å². The van der Waals surface area contributed by atoms with Gasteiger partial charge in [-0.1, -0.05) is 33.7 Å². The Morgan fingerprint density at radius 2 is 1.77 bits per heavy atom. The van der Waals surface area contributed by atoms with Crippen molar-refractivity contribution >= 4 is 27.7 Å². The molecule has 0 saturated heterocycles. The molecular formula is C16H29NO3S2. The van der Waals surface area contributed by atoms with Gasteiger partial charge in [0.05, 0.1) is 6.61 Å². The topological polar surface area (TPSA) is 58.6 Å². The van der Waals surface area contributed by atoms with Crippen molar-refractivity contribution in [2.24, 2.45) is 0 Å². The second-order valence-electron chi connectivity index (χ2n) is 6.73. The molecule has 4 nitrogen and oxygen atoms in total. The number of nitrogens with one attached hydrogen (secondary N) is 1. The highest BCUT2D eigenvalue weighted by Crippen LogP contribution is 2.39. The summed E-state index contributed by atoms with van der Waals surface area (Å²) in [7, 11) is 3.35. The van der Waals surface area contributed by atoms with Crippen molar-refractivity contribution in [2.45, 2.75) is 58.8 Å². The maximum absolute atomic E-state index is 11.7. The van der Waals surface area contributed by atoms with Crippen molar-refractivity contribution in [3.05, 3.63) is 22.6 Å². The van der Waals surface area contributed by atoms with E-state index in [2.05, 4.69) is 19.2 Å². The van der Waals surface area contributed by atoms with Crippen LogP contribution in [0.2, 0.25) is 0 Å². The molecular weight excluding hydrogens is 318 g/mol. The minimum atomic E-state index is -0.480. The third-order valence-electron chi connectivity index (χ3n) is 2.31. The van der Waals surface area contributed by atoms with Gasteiger partial charge in [0.2, 0.25) is 0 Å². The zero-order valence-corrected chi connectivity index (χ0v) is 16.3. The van der Waals surface area contributed by atoms with Crippen LogP contribution in [0.5, 0.6) is 0 Å². The van der Waals surface area contributed by atoms with Gasteiger partial charge in [-0.25, -0.2) is 4.79 Å². The van der Waals surface area contributed by atoms with E-state index in [-0.39, 0.29) is 17.4 Å². The molecule has 0 aliphatic rings. The van der Waals surface area contributed by atoms with Crippen molar-refractivity contribution < 1.29 is 14.6 Å². The van der Waals surface area contributed by atoms with Gasteiger partial charge in [0, 0.05) is 11.3 Å². The maximum atomic E-state index is 11.7. The first kappa shape index (κ1) is 21.4. The van der Waals surface area contributed by atoms with Crippen LogP contribution >= 0.6 is 21.6 Å². The molecule has 0 aliphatic heterocycles. The summed E-state index contributed by atoms with van der Waals surface area (Å²) >= 11 is 0. The lowest BCUT2D eigenvalue weighted by Crippen LogP contribution is -2.39. The fourth-order valence-electron chi connectivity index (χ4n) is 1.15. The van der Waals surface area contributed by atoms with E-state index >= 15 is 0 Å². The van der Waals surface area contributed by atoms with E-state index in [0.29, 0.717) is 6.54 Å². The molecule has 0 heterocycles. The first-order valence-corrected chi connectivity index (χ1v) is 9.37. The lowest BCUT2D eigenvalue weighted by molar-refractivity contribution is 0.0524. The van der Waals surface area contributed by atoms with Crippen molar-refractivity contribution in [1.29, 1.82) is 0 Å². The number of aliphatic hydroxyl groups excluding tert-OH is 1. The summed E-state index contributed by atoms with van der Waals surface area (Å²) in [6.45, 7) is 14.2. The van der Waals surface area contributed by atoms with Gasteiger partial charge in [-0.2, -0.15) is 0 Å². The number of allylic oxidation sites excluding steroid dienone is 3. The molecule has 0 aromatic rings. The molecule has 1 amide bonds. The highest BCUT2D eigenvalue weighted by atomic mass is 33.1. The minimum absolute atomic E-state index is 0.0763. The highest BCUT2D eigenvalue weighted by Gasteiger charge is 2.22. The summed E-state index contributed by atoms with van der Waals surface area (Å²) in [5.74, 6) is 0. The number of carbonyl (C=O) groups excluding carboxylic acids is 1. The second kappa shape index (κ2) is 9.53. The molecule has 0 rings (SSSR count). The van der Waals surface area contributed by atoms with Crippen LogP contribution in [0.1, 0.15) is 48.5 Å². The van der Waals surface area contributed by atoms with Crippen LogP contribution < -0.4 is 5.32 Å². The van der Waals surface area contributed by atoms with E-state index < -0.39 is 5.60 Å². The monoisotopic (exact) mass is 347 g/mol. The van der Waals surface area contributed by atoms with E-state index in [9.17, 15) is 4.79 Å². The largest absolute Gasteiger partial charge is 0.444 e. The van der Waals surface area contributed by atoms with Crippen LogP contribution in [0.4, 0.5) is 4.79 Å². The molecule has 6 heteroatoms. The fraction of sp³-hybridized carbons (Fsp3) is 0.688. The average Bonchev–Trinajstić information content (AvgIpc) is 2.38. The van der Waals surface area contributed by atoms with Gasteiger partial charge < -0.3 is 15.2 Å². The normalized spacial score (nSPS) is 14.0. The Morgan fingerprint density at radius 1 is 1.18 bits per heavy atom. The Labute approximate surface area is 142 Å². The van der Waals surface area contributed by atoms with Crippen molar-refractivity contribution in [3.8, 4) is 0 Å². The maximum Gasteiger partial charge on any atom is 0.407 e. The first-order chi connectivity index (χ1) is 9.95. The Balaban J connectivity index is 4.27. The number of alkyl carbamates (subject to hydrolysis) is 1.